The van der Waals surface area contributed by atoms with Gasteiger partial charge in [-0.3, -0.25) is 19.2 Å². The van der Waals surface area contributed by atoms with E-state index < -0.39 is 72.7 Å². The first-order valence-electron chi connectivity index (χ1n) is 6.34. The fourth-order valence-corrected chi connectivity index (χ4v) is 1.43. The minimum atomic E-state index is -2.74. The van der Waals surface area contributed by atoms with Gasteiger partial charge in [0.15, 0.2) is 11.2 Å². The van der Waals surface area contributed by atoms with Crippen molar-refractivity contribution in [3.63, 3.8) is 0 Å². The standard InChI is InChI=1S/2C6H8O7.3Ni/c2*7-3(8)1-6(13,5(11)12)2-4(9)10;;;/h2*13H,1-2H2,(H,7,8)(H,9,10)(H,11,12);;;. The van der Waals surface area contributed by atoms with Gasteiger partial charge in [-0.25, -0.2) is 9.59 Å². The van der Waals surface area contributed by atoms with E-state index in [1.165, 1.54) is 0 Å². The van der Waals surface area contributed by atoms with Gasteiger partial charge in [0, 0.05) is 49.5 Å². The number of aliphatic carboxylic acids is 6. The van der Waals surface area contributed by atoms with Gasteiger partial charge in [-0.2, -0.15) is 0 Å². The predicted octanol–water partition coefficient (Wildman–Crippen LogP) is -2.50. The van der Waals surface area contributed by atoms with Gasteiger partial charge in [-0.15, -0.1) is 0 Å². The summed E-state index contributed by atoms with van der Waals surface area (Å²) >= 11 is 0. The van der Waals surface area contributed by atoms with E-state index in [1.807, 2.05) is 0 Å². The summed E-state index contributed by atoms with van der Waals surface area (Å²) in [5.41, 5.74) is -5.48. The van der Waals surface area contributed by atoms with Crippen molar-refractivity contribution >= 4 is 35.8 Å². The molecule has 0 aromatic carbocycles. The third-order valence-electron chi connectivity index (χ3n) is 2.57. The van der Waals surface area contributed by atoms with E-state index in [4.69, 9.17) is 40.9 Å². The molecule has 29 heavy (non-hydrogen) atoms. The quantitative estimate of drug-likeness (QED) is 0.128. The second kappa shape index (κ2) is 16.1. The fraction of sp³-hybridized carbons (Fsp3) is 0.500. The Hall–Kier alpha value is -1.78. The molecule has 0 aliphatic carbocycles. The van der Waals surface area contributed by atoms with Gasteiger partial charge in [0.1, 0.15) is 0 Å². The number of carboxylic acid groups (broad SMARTS) is 6. The maximum Gasteiger partial charge on any atom is 0.336 e. The van der Waals surface area contributed by atoms with Gasteiger partial charge in [-0.05, 0) is 0 Å². The molecule has 0 saturated heterocycles. The third-order valence-corrected chi connectivity index (χ3v) is 2.57. The molecule has 17 heteroatoms. The maximum atomic E-state index is 10.3. The molecule has 0 unspecified atom stereocenters. The van der Waals surface area contributed by atoms with Crippen LogP contribution in [0.4, 0.5) is 0 Å². The zero-order valence-electron chi connectivity index (χ0n) is 13.8. The third kappa shape index (κ3) is 16.8. The molecule has 0 aliphatic heterocycles. The number of hydrogen-bond acceptors (Lipinski definition) is 8. The van der Waals surface area contributed by atoms with Crippen molar-refractivity contribution in [2.75, 3.05) is 0 Å². The Morgan fingerprint density at radius 2 is 0.586 bits per heavy atom. The molecular formula is C12H16Ni3O14. The first kappa shape index (κ1) is 37.9. The van der Waals surface area contributed by atoms with Crippen molar-refractivity contribution < 1.29 is 119 Å². The molecule has 0 rings (SSSR count). The molecule has 178 valence electrons. The van der Waals surface area contributed by atoms with Crippen LogP contribution in [-0.2, 0) is 78.2 Å². The summed E-state index contributed by atoms with van der Waals surface area (Å²) in [6.07, 6.45) is -4.58. The zero-order valence-corrected chi connectivity index (χ0v) is 16.8. The van der Waals surface area contributed by atoms with Crippen LogP contribution < -0.4 is 0 Å². The fourth-order valence-electron chi connectivity index (χ4n) is 1.43. The molecule has 0 fully saturated rings. The van der Waals surface area contributed by atoms with E-state index >= 15 is 0 Å². The van der Waals surface area contributed by atoms with Crippen molar-refractivity contribution in [1.29, 1.82) is 0 Å². The topological polar surface area (TPSA) is 264 Å². The summed E-state index contributed by atoms with van der Waals surface area (Å²) in [4.78, 5) is 61.0. The van der Waals surface area contributed by atoms with Crippen molar-refractivity contribution in [2.24, 2.45) is 0 Å². The largest absolute Gasteiger partial charge is 0.481 e. The molecule has 0 heterocycles. The number of hydrogen-bond donors (Lipinski definition) is 8. The van der Waals surface area contributed by atoms with Crippen LogP contribution in [0.2, 0.25) is 0 Å². The summed E-state index contributed by atoms with van der Waals surface area (Å²) in [6.45, 7) is 0. The van der Waals surface area contributed by atoms with Gasteiger partial charge in [0.25, 0.3) is 0 Å². The molecule has 0 spiro atoms. The van der Waals surface area contributed by atoms with Gasteiger partial charge in [0.05, 0.1) is 25.7 Å². The Kier molecular flexibility index (Phi) is 21.0. The van der Waals surface area contributed by atoms with Crippen LogP contribution in [0.1, 0.15) is 25.7 Å². The average Bonchev–Trinajstić information content (AvgIpc) is 2.34. The summed E-state index contributed by atoms with van der Waals surface area (Å²) in [5.74, 6) is -10.0. The summed E-state index contributed by atoms with van der Waals surface area (Å²) in [6, 6.07) is 0. The molecule has 0 aliphatic rings. The summed E-state index contributed by atoms with van der Waals surface area (Å²) < 4.78 is 0. The Morgan fingerprint density at radius 1 is 0.448 bits per heavy atom. The van der Waals surface area contributed by atoms with E-state index in [0.29, 0.717) is 0 Å². The Labute approximate surface area is 191 Å². The van der Waals surface area contributed by atoms with Gasteiger partial charge in [0.2, 0.25) is 0 Å². The van der Waals surface area contributed by atoms with Crippen LogP contribution >= 0.6 is 0 Å². The number of carbonyl (C=O) groups is 6. The van der Waals surface area contributed by atoms with E-state index in [1.54, 1.807) is 0 Å². The first-order valence-corrected chi connectivity index (χ1v) is 6.34. The molecule has 0 aromatic heterocycles. The van der Waals surface area contributed by atoms with Crippen LogP contribution in [0, 0.1) is 0 Å². The van der Waals surface area contributed by atoms with Crippen molar-refractivity contribution in [1.82, 2.24) is 0 Å². The first-order chi connectivity index (χ1) is 11.6. The number of carboxylic acids is 6. The van der Waals surface area contributed by atoms with Crippen LogP contribution in [0.25, 0.3) is 0 Å². The summed E-state index contributed by atoms with van der Waals surface area (Å²) in [7, 11) is 0. The minimum Gasteiger partial charge on any atom is -0.481 e. The molecule has 0 amide bonds. The van der Waals surface area contributed by atoms with Crippen molar-refractivity contribution in [2.45, 2.75) is 36.9 Å². The Bertz CT molecular complexity index is 521. The molecular weight excluding hydrogens is 544 g/mol. The second-order valence-electron chi connectivity index (χ2n) is 4.96. The van der Waals surface area contributed by atoms with Crippen LogP contribution in [0.15, 0.2) is 0 Å². The minimum absolute atomic E-state index is 0. The van der Waals surface area contributed by atoms with Gasteiger partial charge < -0.3 is 40.9 Å². The van der Waals surface area contributed by atoms with Crippen LogP contribution in [-0.4, -0.2) is 87.9 Å². The molecule has 0 radical (unpaired) electrons. The van der Waals surface area contributed by atoms with Gasteiger partial charge >= 0.3 is 35.8 Å². The van der Waals surface area contributed by atoms with Crippen molar-refractivity contribution in [3.05, 3.63) is 0 Å². The van der Waals surface area contributed by atoms with E-state index in [2.05, 4.69) is 0 Å². The molecule has 0 saturated carbocycles. The maximum absolute atomic E-state index is 10.3. The molecule has 0 bridgehead atoms. The van der Waals surface area contributed by atoms with Crippen LogP contribution in [0.3, 0.4) is 0 Å². The smallest absolute Gasteiger partial charge is 0.336 e. The summed E-state index contributed by atoms with van der Waals surface area (Å²) in [5, 5.41) is 67.6. The predicted molar refractivity (Wildman–Crippen MR) is 74.2 cm³/mol. The molecule has 0 aromatic rings. The van der Waals surface area contributed by atoms with E-state index in [-0.39, 0.29) is 49.5 Å². The normalized spacial score (nSPS) is 9.72. The molecule has 8 N–H and O–H groups in total. The Morgan fingerprint density at radius 3 is 0.655 bits per heavy atom. The number of rotatable bonds is 10. The number of aliphatic hydroxyl groups is 2. The second-order valence-corrected chi connectivity index (χ2v) is 4.96. The van der Waals surface area contributed by atoms with Crippen LogP contribution in [0.5, 0.6) is 0 Å². The van der Waals surface area contributed by atoms with Crippen molar-refractivity contribution in [3.8, 4) is 0 Å². The average molecular weight is 560 g/mol. The molecule has 14 nitrogen and oxygen atoms in total. The van der Waals surface area contributed by atoms with Gasteiger partial charge in [-0.1, -0.05) is 0 Å². The van der Waals surface area contributed by atoms with E-state index in [0.717, 1.165) is 0 Å². The zero-order chi connectivity index (χ0) is 21.3. The van der Waals surface area contributed by atoms with E-state index in [9.17, 15) is 28.8 Å². The SMILES string of the molecule is O=C(O)CC(O)(CC(=O)O)C(=O)O.O=C(O)CC(O)(CC(=O)O)C(=O)O.[Ni].[Ni].[Ni]. The Balaban J connectivity index is -0.000000120. The monoisotopic (exact) mass is 558 g/mol. The molecule has 0 atom stereocenters.